The monoisotopic (exact) mass is 376 g/mol. The molecule has 0 heterocycles. The Kier molecular flexibility index (Phi) is 5.73. The van der Waals surface area contributed by atoms with E-state index in [1.165, 1.54) is 24.3 Å². The van der Waals surface area contributed by atoms with E-state index in [-0.39, 0.29) is 18.0 Å². The topological polar surface area (TPSA) is 64.4 Å². The summed E-state index contributed by atoms with van der Waals surface area (Å²) in [7, 11) is 0. The van der Waals surface area contributed by atoms with Crippen molar-refractivity contribution in [2.24, 2.45) is 5.73 Å². The molecule has 0 saturated carbocycles. The molecule has 134 valence electrons. The molecule has 0 atom stereocenters. The van der Waals surface area contributed by atoms with Gasteiger partial charge in [-0.3, -0.25) is 0 Å². The Morgan fingerprint density at radius 2 is 1.92 bits per heavy atom. The number of primary amides is 1. The average Bonchev–Trinajstić information content (AvgIpc) is 2.50. The first kappa shape index (κ1) is 18.9. The minimum atomic E-state index is -4.65. The molecule has 0 aliphatic rings. The van der Waals surface area contributed by atoms with Gasteiger partial charge in [0.25, 0.3) is 0 Å². The van der Waals surface area contributed by atoms with Crippen LogP contribution in [-0.2, 0) is 12.6 Å². The Morgan fingerprint density at radius 3 is 2.52 bits per heavy atom. The lowest BCUT2D eigenvalue weighted by Gasteiger charge is -2.12. The molecule has 9 heteroatoms. The lowest BCUT2D eigenvalue weighted by molar-refractivity contribution is -0.137. The molecule has 0 bridgehead atoms. The second-order valence-electron chi connectivity index (χ2n) is 5.05. The summed E-state index contributed by atoms with van der Waals surface area (Å²) in [5.74, 6) is -1.18. The van der Waals surface area contributed by atoms with Crippen molar-refractivity contribution >= 4 is 17.6 Å². The lowest BCUT2D eigenvalue weighted by Crippen LogP contribution is -2.30. The highest BCUT2D eigenvalue weighted by Gasteiger charge is 2.33. The van der Waals surface area contributed by atoms with Crippen molar-refractivity contribution in [3.63, 3.8) is 0 Å². The van der Waals surface area contributed by atoms with E-state index in [2.05, 4.69) is 5.32 Å². The molecular formula is C16H13ClF4N2O2. The number of nitrogens with one attached hydrogen (secondary N) is 1. The fourth-order valence-electron chi connectivity index (χ4n) is 2.02. The zero-order valence-electron chi connectivity index (χ0n) is 12.7. The number of urea groups is 1. The van der Waals surface area contributed by atoms with Crippen LogP contribution in [0.4, 0.5) is 22.4 Å². The third kappa shape index (κ3) is 5.25. The summed E-state index contributed by atoms with van der Waals surface area (Å²) in [6.45, 7) is 0.223. The number of hydrogen-bond donors (Lipinski definition) is 2. The molecule has 0 fully saturated rings. The van der Waals surface area contributed by atoms with E-state index in [0.717, 1.165) is 6.07 Å². The molecule has 0 aliphatic carbocycles. The number of carbonyl (C=O) groups excluding carboxylic acids is 1. The van der Waals surface area contributed by atoms with Gasteiger partial charge in [-0.25, -0.2) is 9.18 Å². The maximum Gasteiger partial charge on any atom is 0.417 e. The van der Waals surface area contributed by atoms with Crippen molar-refractivity contribution in [1.29, 1.82) is 0 Å². The zero-order valence-corrected chi connectivity index (χ0v) is 13.4. The quantitative estimate of drug-likeness (QED) is 0.754. The smallest absolute Gasteiger partial charge is 0.417 e. The van der Waals surface area contributed by atoms with Gasteiger partial charge >= 0.3 is 12.2 Å². The molecule has 0 radical (unpaired) electrons. The standard InChI is InChI=1S/C16H13ClF4N2O2/c17-12-3-2-10(8-11(12)16(19,20)21)25-14-4-1-9(7-13(14)18)5-6-23-15(22)24/h1-4,7-8H,5-6H2,(H3,22,23,24). The van der Waals surface area contributed by atoms with Gasteiger partial charge in [-0.05, 0) is 42.3 Å². The summed E-state index contributed by atoms with van der Waals surface area (Å²) in [6.07, 6.45) is -4.31. The second-order valence-corrected chi connectivity index (χ2v) is 5.45. The molecular weight excluding hydrogens is 364 g/mol. The van der Waals surface area contributed by atoms with E-state index in [9.17, 15) is 22.4 Å². The fourth-order valence-corrected chi connectivity index (χ4v) is 2.25. The van der Waals surface area contributed by atoms with Gasteiger partial charge < -0.3 is 15.8 Å². The van der Waals surface area contributed by atoms with Crippen LogP contribution >= 0.6 is 11.6 Å². The van der Waals surface area contributed by atoms with Crippen molar-refractivity contribution < 1.29 is 27.1 Å². The van der Waals surface area contributed by atoms with E-state index in [4.69, 9.17) is 22.1 Å². The lowest BCUT2D eigenvalue weighted by atomic mass is 10.1. The summed E-state index contributed by atoms with van der Waals surface area (Å²) in [6, 6.07) is 6.23. The summed E-state index contributed by atoms with van der Waals surface area (Å²) in [5, 5.41) is 1.89. The third-order valence-electron chi connectivity index (χ3n) is 3.18. The maximum absolute atomic E-state index is 14.1. The number of carbonyl (C=O) groups is 1. The molecule has 0 aliphatic heterocycles. The fraction of sp³-hybridized carbons (Fsp3) is 0.188. The number of alkyl halides is 3. The van der Waals surface area contributed by atoms with E-state index < -0.39 is 28.6 Å². The van der Waals surface area contributed by atoms with Crippen LogP contribution < -0.4 is 15.8 Å². The molecule has 2 aromatic rings. The van der Waals surface area contributed by atoms with Crippen LogP contribution in [0.5, 0.6) is 11.5 Å². The molecule has 2 rings (SSSR count). The predicted molar refractivity (Wildman–Crippen MR) is 84.2 cm³/mol. The Morgan fingerprint density at radius 1 is 1.20 bits per heavy atom. The molecule has 3 N–H and O–H groups in total. The normalized spacial score (nSPS) is 11.2. The van der Waals surface area contributed by atoms with E-state index in [1.54, 1.807) is 0 Å². The van der Waals surface area contributed by atoms with Gasteiger partial charge in [0.15, 0.2) is 11.6 Å². The minimum Gasteiger partial charge on any atom is -0.454 e. The van der Waals surface area contributed by atoms with Gasteiger partial charge in [-0.2, -0.15) is 13.2 Å². The Bertz CT molecular complexity index is 781. The highest BCUT2D eigenvalue weighted by molar-refractivity contribution is 6.31. The van der Waals surface area contributed by atoms with E-state index >= 15 is 0 Å². The van der Waals surface area contributed by atoms with Crippen LogP contribution in [0.25, 0.3) is 0 Å². The van der Waals surface area contributed by atoms with Crippen LogP contribution in [0.1, 0.15) is 11.1 Å². The van der Waals surface area contributed by atoms with Gasteiger partial charge in [-0.15, -0.1) is 0 Å². The summed E-state index contributed by atoms with van der Waals surface area (Å²) >= 11 is 5.52. The van der Waals surface area contributed by atoms with E-state index in [0.29, 0.717) is 18.1 Å². The van der Waals surface area contributed by atoms with Gasteiger partial charge in [0.1, 0.15) is 5.75 Å². The van der Waals surface area contributed by atoms with Gasteiger partial charge in [0.05, 0.1) is 10.6 Å². The van der Waals surface area contributed by atoms with Crippen LogP contribution in [0, 0.1) is 5.82 Å². The molecule has 0 spiro atoms. The largest absolute Gasteiger partial charge is 0.454 e. The van der Waals surface area contributed by atoms with Crippen molar-refractivity contribution in [1.82, 2.24) is 5.32 Å². The van der Waals surface area contributed by atoms with Crippen LogP contribution in [0.3, 0.4) is 0 Å². The summed E-state index contributed by atoms with van der Waals surface area (Å²) in [4.78, 5) is 10.6. The minimum absolute atomic E-state index is 0.196. The molecule has 0 unspecified atom stereocenters. The number of hydrogen-bond acceptors (Lipinski definition) is 2. The third-order valence-corrected chi connectivity index (χ3v) is 3.51. The highest BCUT2D eigenvalue weighted by atomic mass is 35.5. The number of nitrogens with two attached hydrogens (primary N) is 1. The molecule has 2 amide bonds. The highest BCUT2D eigenvalue weighted by Crippen LogP contribution is 2.38. The van der Waals surface area contributed by atoms with E-state index in [1.807, 2.05) is 0 Å². The predicted octanol–water partition coefficient (Wildman–Crippen LogP) is 4.50. The van der Waals surface area contributed by atoms with Crippen LogP contribution in [0.2, 0.25) is 5.02 Å². The maximum atomic E-state index is 14.1. The number of rotatable bonds is 5. The Labute approximate surface area is 145 Å². The first-order valence-corrected chi connectivity index (χ1v) is 7.41. The average molecular weight is 377 g/mol. The molecule has 25 heavy (non-hydrogen) atoms. The SMILES string of the molecule is NC(=O)NCCc1ccc(Oc2ccc(Cl)c(C(F)(F)F)c2)c(F)c1. The summed E-state index contributed by atoms with van der Waals surface area (Å²) in [5.41, 5.74) is 4.41. The van der Waals surface area contributed by atoms with Crippen molar-refractivity contribution in [3.8, 4) is 11.5 Å². The molecule has 0 aromatic heterocycles. The summed E-state index contributed by atoms with van der Waals surface area (Å²) < 4.78 is 57.7. The molecule has 4 nitrogen and oxygen atoms in total. The number of ether oxygens (including phenoxy) is 1. The van der Waals surface area contributed by atoms with Crippen LogP contribution in [0.15, 0.2) is 36.4 Å². The van der Waals surface area contributed by atoms with Crippen LogP contribution in [-0.4, -0.2) is 12.6 Å². The first-order valence-electron chi connectivity index (χ1n) is 7.03. The van der Waals surface area contributed by atoms with Crippen molar-refractivity contribution in [2.45, 2.75) is 12.6 Å². The number of amides is 2. The second kappa shape index (κ2) is 7.60. The van der Waals surface area contributed by atoms with Gasteiger partial charge in [0, 0.05) is 6.54 Å². The van der Waals surface area contributed by atoms with Gasteiger partial charge in [0.2, 0.25) is 0 Å². The number of halogens is 5. The Balaban J connectivity index is 2.14. The molecule has 2 aromatic carbocycles. The Hall–Kier alpha value is -2.48. The molecule has 0 saturated heterocycles. The van der Waals surface area contributed by atoms with Crippen molar-refractivity contribution in [3.05, 3.63) is 58.4 Å². The van der Waals surface area contributed by atoms with Crippen molar-refractivity contribution in [2.75, 3.05) is 6.54 Å². The zero-order chi connectivity index (χ0) is 18.6. The van der Waals surface area contributed by atoms with Gasteiger partial charge in [-0.1, -0.05) is 17.7 Å². The first-order chi connectivity index (χ1) is 11.7. The number of benzene rings is 2.